The molecule has 1 unspecified atom stereocenters. The van der Waals surface area contributed by atoms with Crippen LogP contribution in [0.1, 0.15) is 25.7 Å². The second kappa shape index (κ2) is 0.800. The molecule has 0 saturated heterocycles. The second-order valence-corrected chi connectivity index (χ2v) is 2.69. The van der Waals surface area contributed by atoms with Crippen LogP contribution in [0.4, 0.5) is 0 Å². The van der Waals surface area contributed by atoms with Crippen molar-refractivity contribution in [3.8, 4) is 0 Å². The fraction of sp³-hybridized carbons (Fsp3) is 1.00. The first-order valence-electron chi connectivity index (χ1n) is 2.97. The van der Waals surface area contributed by atoms with E-state index < -0.39 is 0 Å². The molecule has 2 aliphatic rings. The lowest BCUT2D eigenvalue weighted by Crippen LogP contribution is -1.64. The third-order valence-electron chi connectivity index (χ3n) is 2.22. The molecule has 6 heavy (non-hydrogen) atoms. The molecule has 0 amide bonds. The molecule has 2 atom stereocenters. The van der Waals surface area contributed by atoms with E-state index in [1.54, 1.807) is 19.3 Å². The van der Waals surface area contributed by atoms with Crippen LogP contribution in [0.25, 0.3) is 0 Å². The first kappa shape index (κ1) is 3.06. The van der Waals surface area contributed by atoms with E-state index >= 15 is 0 Å². The quantitative estimate of drug-likeness (QED) is 0.418. The van der Waals surface area contributed by atoms with E-state index in [9.17, 15) is 0 Å². The Labute approximate surface area is 38.6 Å². The van der Waals surface area contributed by atoms with Crippen LogP contribution in [0.15, 0.2) is 0 Å². The second-order valence-electron chi connectivity index (χ2n) is 2.69. The summed E-state index contributed by atoms with van der Waals surface area (Å²) in [7, 11) is 0. The Morgan fingerprint density at radius 1 is 1.00 bits per heavy atom. The van der Waals surface area contributed by atoms with Gasteiger partial charge in [-0.05, 0) is 18.3 Å². The zero-order valence-corrected chi connectivity index (χ0v) is 3.98. The minimum atomic E-state index is 1.21. The fourth-order valence-corrected chi connectivity index (χ4v) is 1.66. The van der Waals surface area contributed by atoms with Crippen LogP contribution in [0, 0.1) is 11.8 Å². The van der Waals surface area contributed by atoms with Gasteiger partial charge in [-0.3, -0.25) is 0 Å². The summed E-state index contributed by atoms with van der Waals surface area (Å²) in [4.78, 5) is 0. The fourth-order valence-electron chi connectivity index (χ4n) is 1.66. The molecule has 0 N–H and O–H groups in total. The van der Waals surface area contributed by atoms with Crippen molar-refractivity contribution in [2.75, 3.05) is 0 Å². The molecule has 0 aromatic carbocycles. The van der Waals surface area contributed by atoms with Crippen molar-refractivity contribution in [1.29, 1.82) is 0 Å². The van der Waals surface area contributed by atoms with Gasteiger partial charge in [0.1, 0.15) is 0 Å². The molecule has 0 nitrogen and oxygen atoms in total. The van der Waals surface area contributed by atoms with Gasteiger partial charge in [-0.2, -0.15) is 0 Å². The zero-order valence-electron chi connectivity index (χ0n) is 3.98. The van der Waals surface area contributed by atoms with E-state index in [2.05, 4.69) is 0 Å². The van der Waals surface area contributed by atoms with E-state index in [0.717, 1.165) is 0 Å². The van der Waals surface area contributed by atoms with Gasteiger partial charge in [0.15, 0.2) is 0 Å². The molecule has 2 saturated carbocycles. The van der Waals surface area contributed by atoms with Crippen LogP contribution in [0.5, 0.6) is 0 Å². The highest BCUT2D eigenvalue weighted by Gasteiger charge is 2.40. The maximum atomic E-state index is 1.58. The van der Waals surface area contributed by atoms with Crippen molar-refractivity contribution in [2.24, 2.45) is 11.8 Å². The number of rotatable bonds is 0. The Morgan fingerprint density at radius 3 is 1.83 bits per heavy atom. The normalized spacial score (nSPS) is 52.0. The van der Waals surface area contributed by atoms with Crippen molar-refractivity contribution in [2.45, 2.75) is 25.7 Å². The molecule has 0 aliphatic heterocycles. The lowest BCUT2D eigenvalue weighted by Gasteiger charge is -1.80. The highest BCUT2D eigenvalue weighted by Crippen LogP contribution is 2.51. The summed E-state index contributed by atoms with van der Waals surface area (Å²) in [5.41, 5.74) is 0. The van der Waals surface area contributed by atoms with E-state index in [1.165, 1.54) is 18.3 Å². The van der Waals surface area contributed by atoms with Crippen molar-refractivity contribution >= 4 is 0 Å². The van der Waals surface area contributed by atoms with Gasteiger partial charge in [0, 0.05) is 0 Å². The summed E-state index contributed by atoms with van der Waals surface area (Å²) in [5.74, 6) is 2.43. The lowest BCUT2D eigenvalue weighted by atomic mass is 10.3. The smallest absolute Gasteiger partial charge is 0.0383 e. The van der Waals surface area contributed by atoms with E-state index in [-0.39, 0.29) is 0 Å². The van der Waals surface area contributed by atoms with Crippen LogP contribution < -0.4 is 0 Å². The molecular formula is C6H10. The average molecular weight is 82.1 g/mol. The predicted octanol–water partition coefficient (Wildman–Crippen LogP) is 1.81. The Hall–Kier alpha value is 0. The standard InChI is InChI=1S/C6H10/c1-2-5-4-6(5)3-1/h5-6H,1-4H2/t5-,6?/m1/s1. The molecule has 0 aromatic rings. The lowest BCUT2D eigenvalue weighted by molar-refractivity contribution is 0.735. The summed E-state index contributed by atoms with van der Waals surface area (Å²) in [6.45, 7) is 0. The van der Waals surface area contributed by atoms with Crippen molar-refractivity contribution in [3.63, 3.8) is 0 Å². The van der Waals surface area contributed by atoms with Gasteiger partial charge < -0.3 is 0 Å². The largest absolute Gasteiger partial charge is 0.0528 e. The van der Waals surface area contributed by atoms with Crippen LogP contribution in [-0.4, -0.2) is 0 Å². The summed E-state index contributed by atoms with van der Waals surface area (Å²) in [5, 5.41) is 0. The highest BCUT2D eigenvalue weighted by molar-refractivity contribution is 4.91. The van der Waals surface area contributed by atoms with Crippen molar-refractivity contribution in [3.05, 3.63) is 0 Å². The zero-order chi connectivity index (χ0) is 3.98. The molecule has 0 spiro atoms. The SMILES string of the molecule is C1CC2C[C@H]2C1. The molecule has 2 aliphatic carbocycles. The molecule has 2 fully saturated rings. The van der Waals surface area contributed by atoms with E-state index in [1.807, 2.05) is 0 Å². The van der Waals surface area contributed by atoms with Crippen molar-refractivity contribution < 1.29 is 0 Å². The highest BCUT2D eigenvalue weighted by atomic mass is 14.5. The maximum absolute atomic E-state index is 1.58. The van der Waals surface area contributed by atoms with Gasteiger partial charge in [-0.25, -0.2) is 0 Å². The molecule has 0 bridgehead atoms. The minimum absolute atomic E-state index is 1.21. The molecule has 2 rings (SSSR count). The molecule has 0 heterocycles. The first-order chi connectivity index (χ1) is 2.97. The summed E-state index contributed by atoms with van der Waals surface area (Å²) in [6, 6.07) is 0. The molecule has 0 radical (unpaired) electrons. The van der Waals surface area contributed by atoms with Crippen LogP contribution in [0.3, 0.4) is 0 Å². The summed E-state index contributed by atoms with van der Waals surface area (Å²) >= 11 is 0. The number of hydrogen-bond donors (Lipinski definition) is 0. The van der Waals surface area contributed by atoms with Gasteiger partial charge in [0.25, 0.3) is 0 Å². The van der Waals surface area contributed by atoms with Gasteiger partial charge >= 0.3 is 0 Å². The molecule has 0 heteroatoms. The minimum Gasteiger partial charge on any atom is -0.0528 e. The third-order valence-corrected chi connectivity index (χ3v) is 2.22. The Kier molecular flexibility index (Phi) is 0.408. The molecule has 34 valence electrons. The van der Waals surface area contributed by atoms with Crippen LogP contribution in [0.2, 0.25) is 0 Å². The summed E-state index contributed by atoms with van der Waals surface area (Å²) in [6.07, 6.45) is 6.24. The Balaban J connectivity index is 2.09. The molecular weight excluding hydrogens is 72.1 g/mol. The van der Waals surface area contributed by atoms with E-state index in [0.29, 0.717) is 0 Å². The van der Waals surface area contributed by atoms with Crippen LogP contribution in [-0.2, 0) is 0 Å². The van der Waals surface area contributed by atoms with E-state index in [4.69, 9.17) is 0 Å². The van der Waals surface area contributed by atoms with Gasteiger partial charge in [-0.1, -0.05) is 19.3 Å². The molecule has 0 aromatic heterocycles. The predicted molar refractivity (Wildman–Crippen MR) is 25.4 cm³/mol. The number of hydrogen-bond acceptors (Lipinski definition) is 0. The summed E-state index contributed by atoms with van der Waals surface area (Å²) < 4.78 is 0. The topological polar surface area (TPSA) is 0 Å². The third kappa shape index (κ3) is 0.250. The van der Waals surface area contributed by atoms with Crippen LogP contribution >= 0.6 is 0 Å². The maximum Gasteiger partial charge on any atom is -0.0383 e. The van der Waals surface area contributed by atoms with Crippen molar-refractivity contribution in [1.82, 2.24) is 0 Å². The van der Waals surface area contributed by atoms with Gasteiger partial charge in [0.05, 0.1) is 0 Å². The van der Waals surface area contributed by atoms with Gasteiger partial charge in [0.2, 0.25) is 0 Å². The monoisotopic (exact) mass is 82.1 g/mol. The number of fused-ring (bicyclic) bond motifs is 1. The average Bonchev–Trinajstić information content (AvgIpc) is 2.17. The first-order valence-corrected chi connectivity index (χ1v) is 2.97. The van der Waals surface area contributed by atoms with Gasteiger partial charge in [-0.15, -0.1) is 0 Å². The Bertz CT molecular complexity index is 58.4. The Morgan fingerprint density at radius 2 is 1.67 bits per heavy atom.